The molecule has 1 atom stereocenters. The second kappa shape index (κ2) is 8.19. The van der Waals surface area contributed by atoms with Gasteiger partial charge in [0.05, 0.1) is 6.54 Å². The molecule has 5 nitrogen and oxygen atoms in total. The van der Waals surface area contributed by atoms with Crippen LogP contribution in [-0.4, -0.2) is 80.6 Å². The van der Waals surface area contributed by atoms with Crippen molar-refractivity contribution in [3.05, 3.63) is 30.3 Å². The van der Waals surface area contributed by atoms with Gasteiger partial charge in [-0.05, 0) is 49.9 Å². The van der Waals surface area contributed by atoms with E-state index in [2.05, 4.69) is 9.80 Å². The molecule has 2 saturated heterocycles. The van der Waals surface area contributed by atoms with Gasteiger partial charge in [0, 0.05) is 33.7 Å². The number of benzene rings is 1. The summed E-state index contributed by atoms with van der Waals surface area (Å²) in [6, 6.07) is 10.0. The predicted octanol–water partition coefficient (Wildman–Crippen LogP) is 1.94. The van der Waals surface area contributed by atoms with Gasteiger partial charge in [-0.15, -0.1) is 0 Å². The fourth-order valence-electron chi connectivity index (χ4n) is 4.14. The topological polar surface area (TPSA) is 36.0 Å². The Balaban J connectivity index is 1.45. The van der Waals surface area contributed by atoms with Crippen molar-refractivity contribution >= 4 is 5.91 Å². The lowest BCUT2D eigenvalue weighted by atomic mass is 9.79. The third-order valence-electron chi connectivity index (χ3n) is 5.53. The molecule has 1 aromatic rings. The normalized spacial score (nSPS) is 24.6. The third-order valence-corrected chi connectivity index (χ3v) is 5.53. The first-order valence-electron chi connectivity index (χ1n) is 9.39. The Morgan fingerprint density at radius 3 is 2.64 bits per heavy atom. The Morgan fingerprint density at radius 1 is 1.12 bits per heavy atom. The number of hydrogen-bond donors (Lipinski definition) is 0. The van der Waals surface area contributed by atoms with E-state index in [1.807, 2.05) is 44.4 Å². The van der Waals surface area contributed by atoms with E-state index in [9.17, 15) is 4.79 Å². The quantitative estimate of drug-likeness (QED) is 0.789. The molecule has 0 saturated carbocycles. The van der Waals surface area contributed by atoms with Crippen LogP contribution in [0.4, 0.5) is 0 Å². The van der Waals surface area contributed by atoms with E-state index in [0.29, 0.717) is 12.0 Å². The molecule has 0 radical (unpaired) electrons. The molecule has 2 aliphatic rings. The standard InChI is InChI=1S/C20H31N3O2/c1-21(2)19(24)15-23-12-10-20(17-23)9-6-11-22(16-20)13-14-25-18-7-4-3-5-8-18/h3-5,7-8H,6,9-17H2,1-2H3/t20-/m0/s1. The zero-order valence-electron chi connectivity index (χ0n) is 15.6. The molecular formula is C20H31N3O2. The van der Waals surface area contributed by atoms with Crippen molar-refractivity contribution in [2.24, 2.45) is 5.41 Å². The Hall–Kier alpha value is -1.59. The molecule has 1 spiro atoms. The Kier molecular flexibility index (Phi) is 5.97. The van der Waals surface area contributed by atoms with E-state index in [1.165, 1.54) is 19.3 Å². The third kappa shape index (κ3) is 4.95. The number of ether oxygens (including phenoxy) is 1. The number of rotatable bonds is 6. The first kappa shape index (κ1) is 18.2. The SMILES string of the molecule is CN(C)C(=O)CN1CC[C@]2(CCCN(CCOc3ccccc3)C2)C1. The summed E-state index contributed by atoms with van der Waals surface area (Å²) in [7, 11) is 3.67. The van der Waals surface area contributed by atoms with Crippen molar-refractivity contribution in [1.29, 1.82) is 0 Å². The number of para-hydroxylation sites is 1. The van der Waals surface area contributed by atoms with E-state index in [4.69, 9.17) is 4.74 Å². The molecule has 3 rings (SSSR count). The molecule has 5 heteroatoms. The second-order valence-electron chi connectivity index (χ2n) is 7.79. The number of hydrogen-bond acceptors (Lipinski definition) is 4. The van der Waals surface area contributed by atoms with Gasteiger partial charge in [-0.2, -0.15) is 0 Å². The van der Waals surface area contributed by atoms with Gasteiger partial charge in [0.15, 0.2) is 0 Å². The summed E-state index contributed by atoms with van der Waals surface area (Å²) in [5, 5.41) is 0. The molecule has 1 aromatic carbocycles. The summed E-state index contributed by atoms with van der Waals surface area (Å²) in [6.07, 6.45) is 3.75. The van der Waals surface area contributed by atoms with Crippen LogP contribution < -0.4 is 4.74 Å². The molecule has 25 heavy (non-hydrogen) atoms. The van der Waals surface area contributed by atoms with E-state index >= 15 is 0 Å². The predicted molar refractivity (Wildman–Crippen MR) is 99.8 cm³/mol. The minimum absolute atomic E-state index is 0.209. The van der Waals surface area contributed by atoms with Gasteiger partial charge in [0.25, 0.3) is 0 Å². The molecular weight excluding hydrogens is 314 g/mol. The monoisotopic (exact) mass is 345 g/mol. The summed E-state index contributed by atoms with van der Waals surface area (Å²) in [5.74, 6) is 1.16. The van der Waals surface area contributed by atoms with Crippen LogP contribution in [0.1, 0.15) is 19.3 Å². The number of nitrogens with zero attached hydrogens (tertiary/aromatic N) is 3. The molecule has 2 aliphatic heterocycles. The molecule has 2 heterocycles. The molecule has 2 fully saturated rings. The largest absolute Gasteiger partial charge is 0.492 e. The highest BCUT2D eigenvalue weighted by Crippen LogP contribution is 2.38. The van der Waals surface area contributed by atoms with E-state index in [0.717, 1.165) is 45.1 Å². The molecule has 0 bridgehead atoms. The van der Waals surface area contributed by atoms with Crippen molar-refractivity contribution in [2.45, 2.75) is 19.3 Å². The van der Waals surface area contributed by atoms with Gasteiger partial charge in [-0.3, -0.25) is 14.6 Å². The van der Waals surface area contributed by atoms with Gasteiger partial charge in [0.2, 0.25) is 5.91 Å². The van der Waals surface area contributed by atoms with Crippen molar-refractivity contribution in [3.8, 4) is 5.75 Å². The minimum Gasteiger partial charge on any atom is -0.492 e. The zero-order valence-corrected chi connectivity index (χ0v) is 15.6. The fourth-order valence-corrected chi connectivity index (χ4v) is 4.14. The van der Waals surface area contributed by atoms with Crippen LogP contribution in [0.25, 0.3) is 0 Å². The van der Waals surface area contributed by atoms with Crippen LogP contribution in [0.2, 0.25) is 0 Å². The van der Waals surface area contributed by atoms with Gasteiger partial charge in [0.1, 0.15) is 12.4 Å². The van der Waals surface area contributed by atoms with Gasteiger partial charge in [-0.1, -0.05) is 18.2 Å². The second-order valence-corrected chi connectivity index (χ2v) is 7.79. The number of amides is 1. The Labute approximate surface area is 151 Å². The van der Waals surface area contributed by atoms with Crippen LogP contribution in [0, 0.1) is 5.41 Å². The van der Waals surface area contributed by atoms with Crippen LogP contribution >= 0.6 is 0 Å². The van der Waals surface area contributed by atoms with Crippen molar-refractivity contribution < 1.29 is 9.53 Å². The molecule has 0 unspecified atom stereocenters. The number of carbonyl (C=O) groups is 1. The van der Waals surface area contributed by atoms with E-state index < -0.39 is 0 Å². The van der Waals surface area contributed by atoms with E-state index in [1.54, 1.807) is 4.90 Å². The lowest BCUT2D eigenvalue weighted by Crippen LogP contribution is -2.46. The smallest absolute Gasteiger partial charge is 0.236 e. The van der Waals surface area contributed by atoms with Crippen LogP contribution in [0.5, 0.6) is 5.75 Å². The van der Waals surface area contributed by atoms with Gasteiger partial charge >= 0.3 is 0 Å². The summed E-state index contributed by atoms with van der Waals surface area (Å²) in [5.41, 5.74) is 0.373. The number of piperidine rings is 1. The van der Waals surface area contributed by atoms with Crippen LogP contribution in [0.3, 0.4) is 0 Å². The van der Waals surface area contributed by atoms with E-state index in [-0.39, 0.29) is 5.91 Å². The number of likely N-dealkylation sites (N-methyl/N-ethyl adjacent to an activating group) is 1. The van der Waals surface area contributed by atoms with Crippen molar-refractivity contribution in [1.82, 2.24) is 14.7 Å². The minimum atomic E-state index is 0.209. The highest BCUT2D eigenvalue weighted by molar-refractivity contribution is 5.77. The average molecular weight is 345 g/mol. The summed E-state index contributed by atoms with van der Waals surface area (Å²) in [6.45, 7) is 6.69. The maximum absolute atomic E-state index is 12.0. The Bertz CT molecular complexity index is 563. The average Bonchev–Trinajstić information content (AvgIpc) is 2.97. The van der Waals surface area contributed by atoms with Crippen LogP contribution in [-0.2, 0) is 4.79 Å². The maximum Gasteiger partial charge on any atom is 0.236 e. The first-order valence-corrected chi connectivity index (χ1v) is 9.39. The van der Waals surface area contributed by atoms with Gasteiger partial charge in [-0.25, -0.2) is 0 Å². The first-order chi connectivity index (χ1) is 12.1. The molecule has 1 amide bonds. The molecule has 0 aliphatic carbocycles. The van der Waals surface area contributed by atoms with Gasteiger partial charge < -0.3 is 9.64 Å². The number of carbonyl (C=O) groups excluding carboxylic acids is 1. The highest BCUT2D eigenvalue weighted by atomic mass is 16.5. The summed E-state index contributed by atoms with van der Waals surface area (Å²) in [4.78, 5) is 18.5. The summed E-state index contributed by atoms with van der Waals surface area (Å²) < 4.78 is 5.86. The lowest BCUT2D eigenvalue weighted by molar-refractivity contribution is -0.129. The molecule has 0 N–H and O–H groups in total. The highest BCUT2D eigenvalue weighted by Gasteiger charge is 2.41. The lowest BCUT2D eigenvalue weighted by Gasteiger charge is -2.40. The van der Waals surface area contributed by atoms with Crippen molar-refractivity contribution in [2.75, 3.05) is 60.0 Å². The number of likely N-dealkylation sites (tertiary alicyclic amines) is 2. The zero-order chi connectivity index (χ0) is 17.7. The van der Waals surface area contributed by atoms with Crippen molar-refractivity contribution in [3.63, 3.8) is 0 Å². The summed E-state index contributed by atoms with van der Waals surface area (Å²) >= 11 is 0. The molecule has 0 aromatic heterocycles. The Morgan fingerprint density at radius 2 is 1.88 bits per heavy atom. The maximum atomic E-state index is 12.0. The molecule has 138 valence electrons. The van der Waals surface area contributed by atoms with Crippen LogP contribution in [0.15, 0.2) is 30.3 Å². The fraction of sp³-hybridized carbons (Fsp3) is 0.650.